The minimum Gasteiger partial charge on any atom is -0.490 e. The molecule has 0 fully saturated rings. The van der Waals surface area contributed by atoms with Crippen LogP contribution in [0.1, 0.15) is 30.6 Å². The van der Waals surface area contributed by atoms with E-state index >= 15 is 0 Å². The summed E-state index contributed by atoms with van der Waals surface area (Å²) in [5.41, 5.74) is 1.81. The van der Waals surface area contributed by atoms with Gasteiger partial charge in [-0.05, 0) is 31.5 Å². The summed E-state index contributed by atoms with van der Waals surface area (Å²) in [6.07, 6.45) is 1.10. The normalized spacial score (nSPS) is 14.2. The molecule has 0 N–H and O–H groups in total. The van der Waals surface area contributed by atoms with Gasteiger partial charge >= 0.3 is 0 Å². The lowest BCUT2D eigenvalue weighted by molar-refractivity contribution is 0.101. The molecule has 0 aromatic heterocycles. The van der Waals surface area contributed by atoms with Crippen LogP contribution in [-0.4, -0.2) is 25.5 Å². The number of hydrogen-bond acceptors (Lipinski definition) is 3. The lowest BCUT2D eigenvalue weighted by atomic mass is 10.1. The van der Waals surface area contributed by atoms with Crippen molar-refractivity contribution in [2.24, 2.45) is 0 Å². The highest BCUT2D eigenvalue weighted by molar-refractivity contribution is 5.95. The van der Waals surface area contributed by atoms with Gasteiger partial charge in [0.05, 0.1) is 12.2 Å². The average Bonchev–Trinajstić information content (AvgIpc) is 2.29. The third-order valence-corrected chi connectivity index (χ3v) is 2.82. The van der Waals surface area contributed by atoms with E-state index < -0.39 is 0 Å². The van der Waals surface area contributed by atoms with Crippen LogP contribution < -0.4 is 9.64 Å². The summed E-state index contributed by atoms with van der Waals surface area (Å²) in [6.45, 7) is 6.39. The molecule has 0 amide bonds. The van der Waals surface area contributed by atoms with Gasteiger partial charge in [0.25, 0.3) is 0 Å². The molecule has 3 nitrogen and oxygen atoms in total. The fraction of sp³-hybridized carbons (Fsp3) is 0.462. The van der Waals surface area contributed by atoms with E-state index in [1.807, 2.05) is 18.2 Å². The number of carbonyl (C=O) groups excluding carboxylic acids is 1. The topological polar surface area (TPSA) is 29.5 Å². The summed E-state index contributed by atoms with van der Waals surface area (Å²) in [7, 11) is 0. The first kappa shape index (κ1) is 11.0. The predicted molar refractivity (Wildman–Crippen MR) is 64.4 cm³/mol. The minimum atomic E-state index is 0.102. The molecule has 0 saturated heterocycles. The maximum absolute atomic E-state index is 11.3. The Morgan fingerprint density at radius 2 is 2.31 bits per heavy atom. The van der Waals surface area contributed by atoms with Gasteiger partial charge < -0.3 is 9.64 Å². The number of nitrogens with zero attached hydrogens (tertiary/aromatic N) is 1. The Hall–Kier alpha value is -1.51. The third kappa shape index (κ3) is 2.03. The minimum absolute atomic E-state index is 0.102. The molecule has 1 aliphatic rings. The van der Waals surface area contributed by atoms with Crippen molar-refractivity contribution in [1.29, 1.82) is 0 Å². The lowest BCUT2D eigenvalue weighted by Crippen LogP contribution is -2.33. The van der Waals surface area contributed by atoms with Crippen molar-refractivity contribution in [3.8, 4) is 5.75 Å². The van der Waals surface area contributed by atoms with Crippen LogP contribution in [-0.2, 0) is 0 Å². The smallest absolute Gasteiger partial charge is 0.159 e. The second-order valence-electron chi connectivity index (χ2n) is 4.07. The largest absolute Gasteiger partial charge is 0.490 e. The number of carbonyl (C=O) groups is 1. The lowest BCUT2D eigenvalue weighted by Gasteiger charge is -2.31. The van der Waals surface area contributed by atoms with Gasteiger partial charge in [0.15, 0.2) is 5.78 Å². The Balaban J connectivity index is 2.36. The second-order valence-corrected chi connectivity index (χ2v) is 4.07. The molecule has 0 radical (unpaired) electrons. The highest BCUT2D eigenvalue weighted by atomic mass is 16.5. The molecular weight excluding hydrogens is 202 g/mol. The molecule has 0 saturated carbocycles. The van der Waals surface area contributed by atoms with Crippen molar-refractivity contribution in [3.05, 3.63) is 23.8 Å². The molecule has 2 rings (SSSR count). The molecule has 1 heterocycles. The van der Waals surface area contributed by atoms with E-state index in [0.717, 1.165) is 43.1 Å². The average molecular weight is 219 g/mol. The van der Waals surface area contributed by atoms with Crippen LogP contribution in [0.4, 0.5) is 5.69 Å². The van der Waals surface area contributed by atoms with Crippen molar-refractivity contribution in [1.82, 2.24) is 0 Å². The number of benzene rings is 1. The number of ether oxygens (including phenoxy) is 1. The van der Waals surface area contributed by atoms with Gasteiger partial charge in [0, 0.05) is 12.1 Å². The molecular formula is C13H17NO2. The highest BCUT2D eigenvalue weighted by Crippen LogP contribution is 2.32. The third-order valence-electron chi connectivity index (χ3n) is 2.82. The standard InChI is InChI=1S/C13H17NO2/c1-3-6-14-7-8-16-13-5-4-11(10(2)15)9-12(13)14/h4-5,9H,3,6-8H2,1-2H3. The van der Waals surface area contributed by atoms with Crippen molar-refractivity contribution in [3.63, 3.8) is 0 Å². The maximum atomic E-state index is 11.3. The van der Waals surface area contributed by atoms with E-state index in [2.05, 4.69) is 11.8 Å². The van der Waals surface area contributed by atoms with Crippen LogP contribution >= 0.6 is 0 Å². The zero-order valence-corrected chi connectivity index (χ0v) is 9.82. The first-order valence-electron chi connectivity index (χ1n) is 5.75. The number of ketones is 1. The van der Waals surface area contributed by atoms with E-state index in [-0.39, 0.29) is 5.78 Å². The molecule has 1 aromatic carbocycles. The molecule has 1 aliphatic heterocycles. The molecule has 16 heavy (non-hydrogen) atoms. The predicted octanol–water partition coefficient (Wildman–Crippen LogP) is 2.50. The Morgan fingerprint density at radius 1 is 1.50 bits per heavy atom. The fourth-order valence-electron chi connectivity index (χ4n) is 1.99. The number of rotatable bonds is 3. The van der Waals surface area contributed by atoms with Gasteiger partial charge in [-0.1, -0.05) is 6.92 Å². The van der Waals surface area contributed by atoms with Gasteiger partial charge in [-0.2, -0.15) is 0 Å². The van der Waals surface area contributed by atoms with Crippen LogP contribution in [0.5, 0.6) is 5.75 Å². The summed E-state index contributed by atoms with van der Waals surface area (Å²) < 4.78 is 5.58. The number of hydrogen-bond donors (Lipinski definition) is 0. The van der Waals surface area contributed by atoms with Crippen LogP contribution in [0.2, 0.25) is 0 Å². The molecule has 86 valence electrons. The first-order valence-corrected chi connectivity index (χ1v) is 5.75. The van der Waals surface area contributed by atoms with E-state index in [1.165, 1.54) is 0 Å². The number of fused-ring (bicyclic) bond motifs is 1. The van der Waals surface area contributed by atoms with Gasteiger partial charge in [-0.15, -0.1) is 0 Å². The van der Waals surface area contributed by atoms with Gasteiger partial charge in [-0.3, -0.25) is 4.79 Å². The van der Waals surface area contributed by atoms with Crippen LogP contribution in [0.3, 0.4) is 0 Å². The Labute approximate surface area is 96.0 Å². The van der Waals surface area contributed by atoms with Gasteiger partial charge in [0.1, 0.15) is 12.4 Å². The molecule has 0 aliphatic carbocycles. The SMILES string of the molecule is CCCN1CCOc2ccc(C(C)=O)cc21. The van der Waals surface area contributed by atoms with E-state index in [9.17, 15) is 4.79 Å². The summed E-state index contributed by atoms with van der Waals surface area (Å²) in [6, 6.07) is 5.66. The maximum Gasteiger partial charge on any atom is 0.159 e. The van der Waals surface area contributed by atoms with Gasteiger partial charge in [0.2, 0.25) is 0 Å². The molecule has 0 atom stereocenters. The molecule has 3 heteroatoms. The molecule has 0 unspecified atom stereocenters. The molecule has 0 bridgehead atoms. The zero-order valence-electron chi connectivity index (χ0n) is 9.82. The van der Waals surface area contributed by atoms with Crippen molar-refractivity contribution in [2.75, 3.05) is 24.6 Å². The van der Waals surface area contributed by atoms with Crippen LogP contribution in [0, 0.1) is 0 Å². The van der Waals surface area contributed by atoms with Gasteiger partial charge in [-0.25, -0.2) is 0 Å². The fourth-order valence-corrected chi connectivity index (χ4v) is 1.99. The molecule has 1 aromatic rings. The number of anilines is 1. The zero-order chi connectivity index (χ0) is 11.5. The second kappa shape index (κ2) is 4.56. The van der Waals surface area contributed by atoms with Crippen molar-refractivity contribution in [2.45, 2.75) is 20.3 Å². The van der Waals surface area contributed by atoms with Crippen molar-refractivity contribution < 1.29 is 9.53 Å². The highest BCUT2D eigenvalue weighted by Gasteiger charge is 2.18. The Morgan fingerprint density at radius 3 is 3.00 bits per heavy atom. The van der Waals surface area contributed by atoms with Crippen LogP contribution in [0.15, 0.2) is 18.2 Å². The number of Topliss-reactive ketones (excluding diaryl/α,β-unsaturated/α-hetero) is 1. The monoisotopic (exact) mass is 219 g/mol. The Kier molecular flexibility index (Phi) is 3.13. The van der Waals surface area contributed by atoms with Crippen LogP contribution in [0.25, 0.3) is 0 Å². The Bertz CT molecular complexity index is 401. The summed E-state index contributed by atoms with van der Waals surface area (Å²) in [4.78, 5) is 13.6. The van der Waals surface area contributed by atoms with Crippen molar-refractivity contribution >= 4 is 11.5 Å². The summed E-state index contributed by atoms with van der Waals surface area (Å²) in [5.74, 6) is 0.995. The quantitative estimate of drug-likeness (QED) is 0.731. The van der Waals surface area contributed by atoms with E-state index in [4.69, 9.17) is 4.74 Å². The van der Waals surface area contributed by atoms with E-state index in [0.29, 0.717) is 0 Å². The summed E-state index contributed by atoms with van der Waals surface area (Å²) >= 11 is 0. The van der Waals surface area contributed by atoms with E-state index in [1.54, 1.807) is 6.92 Å². The first-order chi connectivity index (χ1) is 7.72. The summed E-state index contributed by atoms with van der Waals surface area (Å²) in [5, 5.41) is 0. The molecule has 0 spiro atoms.